The molecule has 35 heavy (non-hydrogen) atoms. The second kappa shape index (κ2) is 8.95. The van der Waals surface area contributed by atoms with Crippen molar-refractivity contribution >= 4 is 27.7 Å². The van der Waals surface area contributed by atoms with E-state index in [-0.39, 0.29) is 11.6 Å². The Labute approximate surface area is 199 Å². The molecule has 2 aromatic carbocycles. The Bertz CT molecular complexity index is 1480. The van der Waals surface area contributed by atoms with Gasteiger partial charge in [0, 0.05) is 30.5 Å². The van der Waals surface area contributed by atoms with Crippen molar-refractivity contribution in [3.05, 3.63) is 66.4 Å². The van der Waals surface area contributed by atoms with Crippen LogP contribution in [0.2, 0.25) is 0 Å². The van der Waals surface area contributed by atoms with Crippen LogP contribution >= 0.6 is 0 Å². The van der Waals surface area contributed by atoms with Gasteiger partial charge in [-0.15, -0.1) is 0 Å². The summed E-state index contributed by atoms with van der Waals surface area (Å²) in [5, 5.41) is 0. The highest BCUT2D eigenvalue weighted by Gasteiger charge is 2.26. The molecule has 2 aromatic heterocycles. The standard InChI is InChI=1S/C23H20F2N6O3S/c24-16-7-4-8-17(25)21(16)35(32,33)30-15-6-3-5-14(13-15)19-20(18-9-10-27-22(26)28-18)34-23(29-19)31-11-1-2-12-31/h3-10,13,30H,1-2,11-12H2,(H2,26,27,28). The molecule has 0 amide bonds. The molecule has 3 N–H and O–H groups in total. The lowest BCUT2D eigenvalue weighted by atomic mass is 10.1. The Morgan fingerprint density at radius 3 is 2.43 bits per heavy atom. The van der Waals surface area contributed by atoms with Crippen LogP contribution in [0.4, 0.5) is 26.4 Å². The Kier molecular flexibility index (Phi) is 5.81. The third-order valence-corrected chi connectivity index (χ3v) is 6.91. The summed E-state index contributed by atoms with van der Waals surface area (Å²) < 4.78 is 62.0. The molecule has 0 spiro atoms. The number of nitrogens with one attached hydrogen (secondary N) is 1. The van der Waals surface area contributed by atoms with Gasteiger partial charge in [0.25, 0.3) is 16.0 Å². The summed E-state index contributed by atoms with van der Waals surface area (Å²) in [5.74, 6) is -1.99. The number of sulfonamides is 1. The molecule has 0 unspecified atom stereocenters. The lowest BCUT2D eigenvalue weighted by molar-refractivity contribution is 0.521. The molecule has 180 valence electrons. The number of hydrogen-bond donors (Lipinski definition) is 2. The van der Waals surface area contributed by atoms with Crippen molar-refractivity contribution in [3.8, 4) is 22.7 Å². The molecule has 5 rings (SSSR count). The van der Waals surface area contributed by atoms with Crippen molar-refractivity contribution < 1.29 is 21.6 Å². The molecule has 12 heteroatoms. The molecule has 0 saturated carbocycles. The first kappa shape index (κ1) is 22.7. The van der Waals surface area contributed by atoms with Gasteiger partial charge in [0.15, 0.2) is 10.7 Å². The maximum absolute atomic E-state index is 14.1. The fourth-order valence-electron chi connectivity index (χ4n) is 3.90. The van der Waals surface area contributed by atoms with Crippen LogP contribution in [0.3, 0.4) is 0 Å². The first-order chi connectivity index (χ1) is 16.8. The molecule has 9 nitrogen and oxygen atoms in total. The summed E-state index contributed by atoms with van der Waals surface area (Å²) in [4.78, 5) is 13.7. The topological polar surface area (TPSA) is 127 Å². The molecule has 0 bridgehead atoms. The van der Waals surface area contributed by atoms with Crippen LogP contribution in [0, 0.1) is 11.6 Å². The zero-order valence-electron chi connectivity index (χ0n) is 18.3. The summed E-state index contributed by atoms with van der Waals surface area (Å²) in [6.07, 6.45) is 3.52. The number of rotatable bonds is 6. The van der Waals surface area contributed by atoms with E-state index in [0.717, 1.165) is 44.1 Å². The number of benzene rings is 2. The Morgan fingerprint density at radius 2 is 1.71 bits per heavy atom. The third-order valence-electron chi connectivity index (χ3n) is 5.48. The molecule has 1 fully saturated rings. The fraction of sp³-hybridized carbons (Fsp3) is 0.174. The Hall–Kier alpha value is -4.06. The number of nitrogens with zero attached hydrogens (tertiary/aromatic N) is 4. The summed E-state index contributed by atoms with van der Waals surface area (Å²) in [7, 11) is -4.54. The zero-order chi connectivity index (χ0) is 24.6. The highest BCUT2D eigenvalue weighted by atomic mass is 32.2. The summed E-state index contributed by atoms with van der Waals surface area (Å²) >= 11 is 0. The number of nitrogens with two attached hydrogens (primary N) is 1. The maximum Gasteiger partial charge on any atom is 0.298 e. The van der Waals surface area contributed by atoms with Crippen molar-refractivity contribution in [2.45, 2.75) is 17.7 Å². The van der Waals surface area contributed by atoms with Crippen molar-refractivity contribution in [1.29, 1.82) is 0 Å². The number of anilines is 3. The SMILES string of the molecule is Nc1nccc(-c2oc(N3CCCC3)nc2-c2cccc(NS(=O)(=O)c3c(F)cccc3F)c2)n1. The van der Waals surface area contributed by atoms with Gasteiger partial charge < -0.3 is 15.1 Å². The van der Waals surface area contributed by atoms with E-state index in [1.54, 1.807) is 18.2 Å². The van der Waals surface area contributed by atoms with E-state index in [9.17, 15) is 17.2 Å². The quantitative estimate of drug-likeness (QED) is 0.407. The summed E-state index contributed by atoms with van der Waals surface area (Å²) in [6, 6.07) is 11.1. The molecule has 1 aliphatic heterocycles. The maximum atomic E-state index is 14.1. The number of hydrogen-bond acceptors (Lipinski definition) is 8. The normalized spacial score (nSPS) is 13.8. The van der Waals surface area contributed by atoms with Gasteiger partial charge in [0.05, 0.1) is 0 Å². The van der Waals surface area contributed by atoms with E-state index >= 15 is 0 Å². The van der Waals surface area contributed by atoms with Crippen molar-refractivity contribution in [2.75, 3.05) is 28.4 Å². The van der Waals surface area contributed by atoms with Crippen LogP contribution in [0.5, 0.6) is 0 Å². The summed E-state index contributed by atoms with van der Waals surface area (Å²) in [6.45, 7) is 1.58. The van der Waals surface area contributed by atoms with Gasteiger partial charge >= 0.3 is 0 Å². The average molecular weight is 499 g/mol. The molecule has 0 radical (unpaired) electrons. The van der Waals surface area contributed by atoms with Crippen molar-refractivity contribution in [3.63, 3.8) is 0 Å². The zero-order valence-corrected chi connectivity index (χ0v) is 19.1. The van der Waals surface area contributed by atoms with Gasteiger partial charge in [-0.1, -0.05) is 18.2 Å². The molecule has 3 heterocycles. The number of aromatic nitrogens is 3. The first-order valence-electron chi connectivity index (χ1n) is 10.7. The van der Waals surface area contributed by atoms with Crippen LogP contribution in [0.15, 0.2) is 64.0 Å². The van der Waals surface area contributed by atoms with E-state index in [4.69, 9.17) is 10.2 Å². The van der Waals surface area contributed by atoms with Crippen LogP contribution in [-0.2, 0) is 10.0 Å². The van der Waals surface area contributed by atoms with E-state index in [1.165, 1.54) is 18.3 Å². The Morgan fingerprint density at radius 1 is 1.00 bits per heavy atom. The summed E-state index contributed by atoms with van der Waals surface area (Å²) in [5.41, 5.74) is 7.15. The molecular weight excluding hydrogens is 478 g/mol. The predicted octanol–water partition coefficient (Wildman–Crippen LogP) is 4.06. The highest BCUT2D eigenvalue weighted by molar-refractivity contribution is 7.92. The first-order valence-corrected chi connectivity index (χ1v) is 12.2. The molecule has 4 aromatic rings. The van der Waals surface area contributed by atoms with Gasteiger partial charge in [-0.2, -0.15) is 4.98 Å². The number of oxazole rings is 1. The molecule has 1 saturated heterocycles. The minimum absolute atomic E-state index is 0.0565. The second-order valence-corrected chi connectivity index (χ2v) is 9.52. The van der Waals surface area contributed by atoms with Gasteiger partial charge in [-0.05, 0) is 43.2 Å². The molecule has 1 aliphatic rings. The van der Waals surface area contributed by atoms with Gasteiger partial charge in [0.1, 0.15) is 23.0 Å². The smallest absolute Gasteiger partial charge is 0.298 e. The Balaban J connectivity index is 1.56. The largest absolute Gasteiger partial charge is 0.421 e. The van der Waals surface area contributed by atoms with E-state index in [2.05, 4.69) is 19.7 Å². The van der Waals surface area contributed by atoms with Crippen molar-refractivity contribution in [1.82, 2.24) is 15.0 Å². The van der Waals surface area contributed by atoms with Crippen LogP contribution < -0.4 is 15.4 Å². The average Bonchev–Trinajstić information content (AvgIpc) is 3.49. The van der Waals surface area contributed by atoms with Crippen molar-refractivity contribution in [2.24, 2.45) is 0 Å². The van der Waals surface area contributed by atoms with Gasteiger partial charge in [-0.25, -0.2) is 27.2 Å². The van der Waals surface area contributed by atoms with Crippen LogP contribution in [-0.4, -0.2) is 36.5 Å². The highest BCUT2D eigenvalue weighted by Crippen LogP contribution is 2.36. The second-order valence-electron chi connectivity index (χ2n) is 7.91. The molecule has 0 atom stereocenters. The van der Waals surface area contributed by atoms with E-state index in [0.29, 0.717) is 28.7 Å². The fourth-order valence-corrected chi connectivity index (χ4v) is 5.09. The lowest BCUT2D eigenvalue weighted by Gasteiger charge is -2.11. The van der Waals surface area contributed by atoms with Crippen LogP contribution in [0.1, 0.15) is 12.8 Å². The minimum Gasteiger partial charge on any atom is -0.421 e. The van der Waals surface area contributed by atoms with E-state index in [1.807, 2.05) is 4.90 Å². The van der Waals surface area contributed by atoms with Gasteiger partial charge in [-0.3, -0.25) is 4.72 Å². The number of halogens is 2. The molecule has 0 aliphatic carbocycles. The lowest BCUT2D eigenvalue weighted by Crippen LogP contribution is -2.17. The monoisotopic (exact) mass is 498 g/mol. The predicted molar refractivity (Wildman–Crippen MR) is 126 cm³/mol. The third kappa shape index (κ3) is 4.52. The van der Waals surface area contributed by atoms with Crippen LogP contribution in [0.25, 0.3) is 22.7 Å². The number of nitrogen functional groups attached to an aromatic ring is 1. The van der Waals surface area contributed by atoms with Gasteiger partial charge in [0.2, 0.25) is 5.95 Å². The minimum atomic E-state index is -4.54. The van der Waals surface area contributed by atoms with E-state index < -0.39 is 26.6 Å². The molecular formula is C23H20F2N6O3S.